The molecule has 1 fully saturated rings. The summed E-state index contributed by atoms with van der Waals surface area (Å²) in [6.45, 7) is -0.0259. The lowest BCUT2D eigenvalue weighted by Crippen LogP contribution is -2.54. The Morgan fingerprint density at radius 2 is 1.95 bits per heavy atom. The van der Waals surface area contributed by atoms with Crippen LogP contribution in [0.3, 0.4) is 0 Å². The second-order valence-corrected chi connectivity index (χ2v) is 7.33. The summed E-state index contributed by atoms with van der Waals surface area (Å²) in [6.07, 6.45) is -2.39. The molecule has 0 heterocycles. The molecule has 0 spiro atoms. The molecule has 0 saturated heterocycles. The van der Waals surface area contributed by atoms with Gasteiger partial charge in [-0.25, -0.2) is 13.1 Å². The van der Waals surface area contributed by atoms with E-state index in [0.29, 0.717) is 18.9 Å². The Bertz CT molecular complexity index is 642. The minimum absolute atomic E-state index is 0.0259. The van der Waals surface area contributed by atoms with Crippen LogP contribution in [0.15, 0.2) is 23.1 Å². The van der Waals surface area contributed by atoms with E-state index in [0.717, 1.165) is 18.6 Å². The Labute approximate surface area is 125 Å². The SMILES string of the molecule is NC1(CNS(=O)(=O)c2cc(C(F)(F)F)ccc2Cl)CCC1. The molecule has 0 bridgehead atoms. The summed E-state index contributed by atoms with van der Waals surface area (Å²) in [4.78, 5) is -0.595. The fraction of sp³-hybridized carbons (Fsp3) is 0.500. The van der Waals surface area contributed by atoms with Crippen LogP contribution >= 0.6 is 11.6 Å². The van der Waals surface area contributed by atoms with Gasteiger partial charge in [0.25, 0.3) is 0 Å². The van der Waals surface area contributed by atoms with Crippen LogP contribution in [-0.4, -0.2) is 20.5 Å². The van der Waals surface area contributed by atoms with Gasteiger partial charge in [-0.1, -0.05) is 11.6 Å². The number of rotatable bonds is 4. The van der Waals surface area contributed by atoms with Crippen molar-refractivity contribution in [1.29, 1.82) is 0 Å². The van der Waals surface area contributed by atoms with Crippen molar-refractivity contribution in [3.8, 4) is 0 Å². The van der Waals surface area contributed by atoms with Crippen molar-refractivity contribution in [2.24, 2.45) is 5.73 Å². The van der Waals surface area contributed by atoms with Gasteiger partial charge in [0, 0.05) is 12.1 Å². The monoisotopic (exact) mass is 342 g/mol. The molecule has 0 radical (unpaired) electrons. The molecule has 0 aromatic heterocycles. The van der Waals surface area contributed by atoms with E-state index in [9.17, 15) is 21.6 Å². The molecule has 2 rings (SSSR count). The van der Waals surface area contributed by atoms with Crippen molar-refractivity contribution < 1.29 is 21.6 Å². The Morgan fingerprint density at radius 3 is 2.43 bits per heavy atom. The van der Waals surface area contributed by atoms with Crippen molar-refractivity contribution in [1.82, 2.24) is 4.72 Å². The van der Waals surface area contributed by atoms with Crippen LogP contribution in [0.25, 0.3) is 0 Å². The molecule has 3 N–H and O–H groups in total. The zero-order valence-electron chi connectivity index (χ0n) is 10.9. The number of hydrogen-bond donors (Lipinski definition) is 2. The quantitative estimate of drug-likeness (QED) is 0.883. The molecular formula is C12H14ClF3N2O2S. The number of nitrogens with two attached hydrogens (primary N) is 1. The van der Waals surface area contributed by atoms with Gasteiger partial charge in [-0.15, -0.1) is 0 Å². The Morgan fingerprint density at radius 1 is 1.33 bits per heavy atom. The topological polar surface area (TPSA) is 72.2 Å². The maximum absolute atomic E-state index is 12.6. The molecule has 0 amide bonds. The van der Waals surface area contributed by atoms with Crippen molar-refractivity contribution >= 4 is 21.6 Å². The zero-order valence-corrected chi connectivity index (χ0v) is 12.4. The van der Waals surface area contributed by atoms with Crippen molar-refractivity contribution in [3.63, 3.8) is 0 Å². The highest BCUT2D eigenvalue weighted by Gasteiger charge is 2.35. The summed E-state index contributed by atoms with van der Waals surface area (Å²) < 4.78 is 64.4. The third-order valence-corrected chi connectivity index (χ3v) is 5.39. The fourth-order valence-electron chi connectivity index (χ4n) is 2.01. The molecule has 1 aliphatic rings. The number of halogens is 4. The number of sulfonamides is 1. The van der Waals surface area contributed by atoms with Gasteiger partial charge in [0.1, 0.15) is 4.90 Å². The molecule has 4 nitrogen and oxygen atoms in total. The van der Waals surface area contributed by atoms with E-state index in [2.05, 4.69) is 4.72 Å². The highest BCUT2D eigenvalue weighted by molar-refractivity contribution is 7.89. The van der Waals surface area contributed by atoms with E-state index >= 15 is 0 Å². The lowest BCUT2D eigenvalue weighted by atomic mass is 9.78. The molecule has 0 unspecified atom stereocenters. The molecule has 0 aliphatic heterocycles. The predicted molar refractivity (Wildman–Crippen MR) is 72.4 cm³/mol. The maximum atomic E-state index is 12.6. The van der Waals surface area contributed by atoms with Crippen LogP contribution < -0.4 is 10.5 Å². The van der Waals surface area contributed by atoms with Crippen molar-refractivity contribution in [2.45, 2.75) is 35.9 Å². The van der Waals surface area contributed by atoms with E-state index in [-0.39, 0.29) is 11.6 Å². The fourth-order valence-corrected chi connectivity index (χ4v) is 3.67. The van der Waals surface area contributed by atoms with E-state index in [1.807, 2.05) is 0 Å². The van der Waals surface area contributed by atoms with Crippen LogP contribution in [0, 0.1) is 0 Å². The van der Waals surface area contributed by atoms with Gasteiger partial charge in [0.15, 0.2) is 0 Å². The Balaban J connectivity index is 2.26. The Hall–Kier alpha value is -0.830. The van der Waals surface area contributed by atoms with Crippen LogP contribution in [0.2, 0.25) is 5.02 Å². The molecule has 21 heavy (non-hydrogen) atoms. The average Bonchev–Trinajstić information content (AvgIpc) is 2.33. The van der Waals surface area contributed by atoms with Gasteiger partial charge >= 0.3 is 6.18 Å². The summed E-state index contributed by atoms with van der Waals surface area (Å²) in [7, 11) is -4.15. The molecule has 0 atom stereocenters. The number of benzene rings is 1. The summed E-state index contributed by atoms with van der Waals surface area (Å²) >= 11 is 5.71. The maximum Gasteiger partial charge on any atom is 0.416 e. The normalized spacial score (nSPS) is 18.3. The largest absolute Gasteiger partial charge is 0.416 e. The van der Waals surface area contributed by atoms with E-state index in [4.69, 9.17) is 17.3 Å². The zero-order chi connectivity index (χ0) is 15.9. The first-order chi connectivity index (χ1) is 9.54. The van der Waals surface area contributed by atoms with E-state index in [1.165, 1.54) is 0 Å². The first kappa shape index (κ1) is 16.5. The van der Waals surface area contributed by atoms with E-state index in [1.54, 1.807) is 0 Å². The van der Waals surface area contributed by atoms with Crippen molar-refractivity contribution in [2.75, 3.05) is 6.54 Å². The van der Waals surface area contributed by atoms with Gasteiger partial charge in [0.05, 0.1) is 10.6 Å². The second kappa shape index (κ2) is 5.42. The highest BCUT2D eigenvalue weighted by atomic mass is 35.5. The molecule has 1 aliphatic carbocycles. The van der Waals surface area contributed by atoms with Gasteiger partial charge in [-0.2, -0.15) is 13.2 Å². The first-order valence-electron chi connectivity index (χ1n) is 6.19. The highest BCUT2D eigenvalue weighted by Crippen LogP contribution is 2.34. The molecule has 1 aromatic carbocycles. The minimum atomic E-state index is -4.64. The van der Waals surface area contributed by atoms with Crippen LogP contribution in [0.4, 0.5) is 13.2 Å². The first-order valence-corrected chi connectivity index (χ1v) is 8.05. The number of alkyl halides is 3. The second-order valence-electron chi connectivity index (χ2n) is 5.18. The van der Waals surface area contributed by atoms with Crippen LogP contribution in [-0.2, 0) is 16.2 Å². The Kier molecular flexibility index (Phi) is 4.27. The van der Waals surface area contributed by atoms with Crippen LogP contribution in [0.1, 0.15) is 24.8 Å². The van der Waals surface area contributed by atoms with Gasteiger partial charge in [0.2, 0.25) is 10.0 Å². The molecule has 9 heteroatoms. The molecule has 118 valence electrons. The van der Waals surface area contributed by atoms with Crippen molar-refractivity contribution in [3.05, 3.63) is 28.8 Å². The minimum Gasteiger partial charge on any atom is -0.324 e. The van der Waals surface area contributed by atoms with Gasteiger partial charge in [-0.05, 0) is 37.5 Å². The summed E-state index contributed by atoms with van der Waals surface area (Å²) in [5.41, 5.74) is 4.19. The summed E-state index contributed by atoms with van der Waals surface area (Å²) in [5.74, 6) is 0. The average molecular weight is 343 g/mol. The number of nitrogens with one attached hydrogen (secondary N) is 1. The standard InChI is InChI=1S/C12H14ClF3N2O2S/c13-9-3-2-8(12(14,15)16)6-10(9)21(19,20)18-7-11(17)4-1-5-11/h2-3,6,18H,1,4-5,7,17H2. The third-order valence-electron chi connectivity index (χ3n) is 3.51. The molecule has 1 aromatic rings. The van der Waals surface area contributed by atoms with Gasteiger partial charge < -0.3 is 5.73 Å². The molecular weight excluding hydrogens is 329 g/mol. The summed E-state index contributed by atoms with van der Waals surface area (Å²) in [6, 6.07) is 2.17. The lowest BCUT2D eigenvalue weighted by Gasteiger charge is -2.38. The van der Waals surface area contributed by atoms with Crippen LogP contribution in [0.5, 0.6) is 0 Å². The van der Waals surface area contributed by atoms with Gasteiger partial charge in [-0.3, -0.25) is 0 Å². The third kappa shape index (κ3) is 3.68. The predicted octanol–water partition coefficient (Wildman–Crippen LogP) is 2.52. The lowest BCUT2D eigenvalue weighted by molar-refractivity contribution is -0.137. The number of hydrogen-bond acceptors (Lipinski definition) is 3. The van der Waals surface area contributed by atoms with E-state index < -0.39 is 32.2 Å². The smallest absolute Gasteiger partial charge is 0.324 e. The summed E-state index contributed by atoms with van der Waals surface area (Å²) in [5, 5.41) is -0.268. The molecule has 1 saturated carbocycles.